The summed E-state index contributed by atoms with van der Waals surface area (Å²) >= 11 is 2.03. The fourth-order valence-corrected chi connectivity index (χ4v) is 10.0. The van der Waals surface area contributed by atoms with E-state index in [0.29, 0.717) is 11.2 Å². The number of thioether (sulfide) groups is 1. The van der Waals surface area contributed by atoms with Gasteiger partial charge in [-0.15, -0.1) is 11.8 Å². The lowest BCUT2D eigenvalue weighted by Crippen LogP contribution is -2.06. The van der Waals surface area contributed by atoms with Crippen LogP contribution in [0.15, 0.2) is 165 Å². The maximum atomic E-state index is 2.48. The van der Waals surface area contributed by atoms with Gasteiger partial charge in [0, 0.05) is 32.5 Å². The Kier molecular flexibility index (Phi) is 5.53. The smallest absolute Gasteiger partial charge is 0.0552 e. The molecule has 8 rings (SSSR count). The summed E-state index contributed by atoms with van der Waals surface area (Å²) in [7, 11) is -0.671. The van der Waals surface area contributed by atoms with E-state index in [0.717, 1.165) is 0 Å². The van der Waals surface area contributed by atoms with Crippen molar-refractivity contribution in [3.63, 3.8) is 0 Å². The Hall–Kier alpha value is -3.92. The van der Waals surface area contributed by atoms with Crippen molar-refractivity contribution in [3.8, 4) is 5.69 Å². The van der Waals surface area contributed by atoms with Crippen LogP contribution in [0.3, 0.4) is 0 Å². The molecule has 1 nitrogen and oxygen atoms in total. The third-order valence-corrected chi connectivity index (χ3v) is 11.7. The topological polar surface area (TPSA) is 4.93 Å². The predicted molar refractivity (Wildman–Crippen MR) is 168 cm³/mol. The van der Waals surface area contributed by atoms with E-state index < -0.39 is 10.9 Å². The SMILES string of the molecule is C1=CC2Sc3c(ccc4c3c3ccccc3n4-c3cccc([SH](c4ccccc4)c4ccccc4)c3)C2C=C1. The van der Waals surface area contributed by atoms with E-state index in [1.165, 1.54) is 52.6 Å². The molecule has 5 aromatic carbocycles. The second kappa shape index (κ2) is 9.37. The minimum atomic E-state index is -0.671. The minimum Gasteiger partial charge on any atom is -0.309 e. The normalized spacial score (nSPS) is 17.9. The molecule has 39 heavy (non-hydrogen) atoms. The molecule has 2 unspecified atom stereocenters. The molecule has 0 bridgehead atoms. The van der Waals surface area contributed by atoms with Crippen LogP contribution in [0.25, 0.3) is 27.5 Å². The van der Waals surface area contributed by atoms with Gasteiger partial charge >= 0.3 is 0 Å². The molecule has 3 heteroatoms. The summed E-state index contributed by atoms with van der Waals surface area (Å²) in [5, 5.41) is 3.21. The average Bonchev–Trinajstić information content (AvgIpc) is 3.54. The highest BCUT2D eigenvalue weighted by Crippen LogP contribution is 2.54. The molecular formula is C36H27NS2. The lowest BCUT2D eigenvalue weighted by Gasteiger charge is -2.24. The summed E-state index contributed by atoms with van der Waals surface area (Å²) in [6, 6.07) is 44.8. The van der Waals surface area contributed by atoms with Crippen molar-refractivity contribution in [3.05, 3.63) is 151 Å². The van der Waals surface area contributed by atoms with Gasteiger partial charge in [0.15, 0.2) is 0 Å². The standard InChI is InChI=1S/C36H27NS2/c1-3-13-26(14-4-1)39(27-15-5-2-6-16-27)28-17-11-12-25(24-28)37-32-20-9-7-19-31(32)35-33(37)23-22-30-29-18-8-10-21-34(29)38-36(30)35/h1-24,29,34,39H. The summed E-state index contributed by atoms with van der Waals surface area (Å²) in [5.74, 6) is 0.463. The van der Waals surface area contributed by atoms with Crippen molar-refractivity contribution in [1.29, 1.82) is 0 Å². The Morgan fingerprint density at radius 3 is 2.08 bits per heavy atom. The van der Waals surface area contributed by atoms with Crippen LogP contribution in [0.2, 0.25) is 0 Å². The summed E-state index contributed by atoms with van der Waals surface area (Å²) < 4.78 is 2.48. The van der Waals surface area contributed by atoms with Gasteiger partial charge in [0.05, 0.1) is 11.0 Å². The third kappa shape index (κ3) is 3.72. The molecule has 1 aliphatic carbocycles. The monoisotopic (exact) mass is 537 g/mol. The lowest BCUT2D eigenvalue weighted by atomic mass is 9.91. The van der Waals surface area contributed by atoms with E-state index in [4.69, 9.17) is 0 Å². The molecule has 1 aliphatic heterocycles. The first-order valence-electron chi connectivity index (χ1n) is 13.5. The summed E-state index contributed by atoms with van der Waals surface area (Å²) in [6.07, 6.45) is 9.13. The number of thiol groups is 1. The Bertz CT molecular complexity index is 1860. The summed E-state index contributed by atoms with van der Waals surface area (Å²) in [6.45, 7) is 0. The number of aromatic nitrogens is 1. The van der Waals surface area contributed by atoms with Crippen LogP contribution in [0.5, 0.6) is 0 Å². The van der Waals surface area contributed by atoms with Gasteiger partial charge < -0.3 is 4.57 Å². The van der Waals surface area contributed by atoms with Gasteiger partial charge in [-0.2, -0.15) is 10.9 Å². The number of benzene rings is 5. The molecule has 0 N–H and O–H groups in total. The van der Waals surface area contributed by atoms with Gasteiger partial charge in [-0.3, -0.25) is 0 Å². The second-order valence-corrected chi connectivity index (χ2v) is 13.5. The number of para-hydroxylation sites is 1. The van der Waals surface area contributed by atoms with Gasteiger partial charge in [-0.25, -0.2) is 0 Å². The number of fused-ring (bicyclic) bond motifs is 7. The fraction of sp³-hybridized carbons (Fsp3) is 0.0556. The Balaban J connectivity index is 1.35. The van der Waals surface area contributed by atoms with Crippen LogP contribution in [0.1, 0.15) is 11.5 Å². The van der Waals surface area contributed by atoms with E-state index in [2.05, 4.69) is 150 Å². The number of rotatable bonds is 4. The Morgan fingerprint density at radius 2 is 1.28 bits per heavy atom. The number of hydrogen-bond acceptors (Lipinski definition) is 1. The van der Waals surface area contributed by atoms with Crippen LogP contribution >= 0.6 is 22.7 Å². The van der Waals surface area contributed by atoms with Gasteiger partial charge in [-0.1, -0.05) is 91.0 Å². The zero-order valence-electron chi connectivity index (χ0n) is 21.3. The zero-order chi connectivity index (χ0) is 25.8. The van der Waals surface area contributed by atoms with Gasteiger partial charge in [0.25, 0.3) is 0 Å². The number of hydrogen-bond donors (Lipinski definition) is 1. The fourth-order valence-electron chi connectivity index (χ4n) is 6.20. The molecule has 0 saturated heterocycles. The highest BCUT2D eigenvalue weighted by molar-refractivity contribution is 8.17. The largest absolute Gasteiger partial charge is 0.309 e. The predicted octanol–water partition coefficient (Wildman–Crippen LogP) is 9.95. The molecule has 2 aliphatic rings. The van der Waals surface area contributed by atoms with E-state index in [1.807, 2.05) is 11.8 Å². The first-order chi connectivity index (χ1) is 19.4. The Labute approximate surface area is 235 Å². The molecule has 0 radical (unpaired) electrons. The summed E-state index contributed by atoms with van der Waals surface area (Å²) in [4.78, 5) is 5.55. The molecule has 2 atom stereocenters. The zero-order valence-corrected chi connectivity index (χ0v) is 23.0. The van der Waals surface area contributed by atoms with Gasteiger partial charge in [0.2, 0.25) is 0 Å². The second-order valence-electron chi connectivity index (χ2n) is 10.1. The van der Waals surface area contributed by atoms with Crippen LogP contribution in [-0.2, 0) is 0 Å². The van der Waals surface area contributed by atoms with Crippen molar-refractivity contribution in [2.24, 2.45) is 0 Å². The van der Waals surface area contributed by atoms with E-state index in [1.54, 1.807) is 0 Å². The maximum absolute atomic E-state index is 2.48. The summed E-state index contributed by atoms with van der Waals surface area (Å²) in [5.41, 5.74) is 5.24. The number of allylic oxidation sites excluding steroid dienone is 3. The van der Waals surface area contributed by atoms with Crippen LogP contribution < -0.4 is 0 Å². The van der Waals surface area contributed by atoms with E-state index in [9.17, 15) is 0 Å². The van der Waals surface area contributed by atoms with Crippen LogP contribution in [0.4, 0.5) is 0 Å². The number of nitrogens with zero attached hydrogens (tertiary/aromatic N) is 1. The van der Waals surface area contributed by atoms with Crippen LogP contribution in [0, 0.1) is 0 Å². The molecule has 0 fully saturated rings. The molecule has 0 amide bonds. The molecule has 0 spiro atoms. The first-order valence-corrected chi connectivity index (χ1v) is 15.7. The molecule has 188 valence electrons. The highest BCUT2D eigenvalue weighted by Gasteiger charge is 2.33. The molecule has 2 heterocycles. The third-order valence-electron chi connectivity index (χ3n) is 7.89. The van der Waals surface area contributed by atoms with Gasteiger partial charge in [-0.05, 0) is 74.8 Å². The van der Waals surface area contributed by atoms with Crippen molar-refractivity contribution in [2.75, 3.05) is 0 Å². The molecule has 1 aromatic heterocycles. The molecule has 0 saturated carbocycles. The first kappa shape index (κ1) is 23.0. The van der Waals surface area contributed by atoms with Crippen molar-refractivity contribution >= 4 is 44.5 Å². The van der Waals surface area contributed by atoms with E-state index in [-0.39, 0.29) is 0 Å². The van der Waals surface area contributed by atoms with Gasteiger partial charge in [0.1, 0.15) is 0 Å². The quantitative estimate of drug-likeness (QED) is 0.219. The Morgan fingerprint density at radius 1 is 0.590 bits per heavy atom. The average molecular weight is 538 g/mol. The van der Waals surface area contributed by atoms with E-state index >= 15 is 0 Å². The minimum absolute atomic E-state index is 0.463. The molecule has 6 aromatic rings. The van der Waals surface area contributed by atoms with Crippen molar-refractivity contribution in [1.82, 2.24) is 4.57 Å². The maximum Gasteiger partial charge on any atom is 0.0552 e. The lowest BCUT2D eigenvalue weighted by molar-refractivity contribution is 0.883. The highest BCUT2D eigenvalue weighted by atomic mass is 32.2. The van der Waals surface area contributed by atoms with Crippen molar-refractivity contribution in [2.45, 2.75) is 30.7 Å². The molecular weight excluding hydrogens is 511 g/mol. The van der Waals surface area contributed by atoms with Crippen molar-refractivity contribution < 1.29 is 0 Å². The van der Waals surface area contributed by atoms with Crippen LogP contribution in [-0.4, -0.2) is 9.82 Å².